The molecule has 4 atom stereocenters. The minimum Gasteiger partial charge on any atom is -0.481 e. The summed E-state index contributed by atoms with van der Waals surface area (Å²) in [5, 5.41) is 9.39. The number of hydrogen-bond donors (Lipinski definition) is 1. The summed E-state index contributed by atoms with van der Waals surface area (Å²) in [7, 11) is 0. The van der Waals surface area contributed by atoms with Gasteiger partial charge in [-0.2, -0.15) is 0 Å². The number of fused-ring (bicyclic) bond motifs is 2. The maximum Gasteiger partial charge on any atom is 0.307 e. The van der Waals surface area contributed by atoms with Crippen molar-refractivity contribution >= 4 is 11.9 Å². The van der Waals surface area contributed by atoms with Crippen LogP contribution >= 0.6 is 0 Å². The molecule has 0 aromatic heterocycles. The quantitative estimate of drug-likeness (QED) is 0.749. The fourth-order valence-electron chi connectivity index (χ4n) is 3.58. The molecule has 0 heterocycles. The smallest absolute Gasteiger partial charge is 0.307 e. The van der Waals surface area contributed by atoms with Crippen molar-refractivity contribution in [2.24, 2.45) is 23.7 Å². The van der Waals surface area contributed by atoms with Gasteiger partial charge >= 0.3 is 5.97 Å². The first kappa shape index (κ1) is 14.1. The van der Waals surface area contributed by atoms with Gasteiger partial charge in [0.05, 0.1) is 11.8 Å². The Bertz CT molecular complexity index is 385. The van der Waals surface area contributed by atoms with Crippen molar-refractivity contribution in [3.63, 3.8) is 0 Å². The molecule has 1 N–H and O–H groups in total. The number of nitrogens with zero attached hydrogens (tertiary/aromatic N) is 1. The first-order valence-corrected chi connectivity index (χ1v) is 7.30. The molecule has 2 rings (SSSR count). The van der Waals surface area contributed by atoms with Gasteiger partial charge in [0.15, 0.2) is 0 Å². The van der Waals surface area contributed by atoms with Gasteiger partial charge in [-0.1, -0.05) is 26.0 Å². The van der Waals surface area contributed by atoms with Crippen LogP contribution in [0, 0.1) is 23.7 Å². The monoisotopic (exact) mass is 265 g/mol. The molecule has 0 unspecified atom stereocenters. The third kappa shape index (κ3) is 2.53. The molecule has 4 nitrogen and oxygen atoms in total. The number of aliphatic carboxylic acids is 1. The van der Waals surface area contributed by atoms with Gasteiger partial charge in [0.1, 0.15) is 0 Å². The largest absolute Gasteiger partial charge is 0.481 e. The van der Waals surface area contributed by atoms with Crippen LogP contribution in [0.5, 0.6) is 0 Å². The Morgan fingerprint density at radius 2 is 1.63 bits per heavy atom. The third-order valence-electron chi connectivity index (χ3n) is 4.33. The summed E-state index contributed by atoms with van der Waals surface area (Å²) in [5.74, 6) is -1.43. The van der Waals surface area contributed by atoms with E-state index in [0.29, 0.717) is 0 Å². The van der Waals surface area contributed by atoms with E-state index >= 15 is 0 Å². The van der Waals surface area contributed by atoms with E-state index in [4.69, 9.17) is 0 Å². The van der Waals surface area contributed by atoms with Crippen molar-refractivity contribution in [2.75, 3.05) is 13.1 Å². The molecule has 0 radical (unpaired) electrons. The molecular weight excluding hydrogens is 242 g/mol. The molecule has 0 aromatic carbocycles. The lowest BCUT2D eigenvalue weighted by molar-refractivity contribution is -0.151. The number of carbonyl (C=O) groups is 2. The van der Waals surface area contributed by atoms with Crippen LogP contribution in [0.1, 0.15) is 33.1 Å². The Morgan fingerprint density at radius 3 is 2.11 bits per heavy atom. The minimum atomic E-state index is -0.817. The number of carboxylic acids is 1. The van der Waals surface area contributed by atoms with Gasteiger partial charge in [-0.25, -0.2) is 0 Å². The molecule has 2 aliphatic rings. The van der Waals surface area contributed by atoms with E-state index in [2.05, 4.69) is 0 Å². The fourth-order valence-corrected chi connectivity index (χ4v) is 3.58. The predicted molar refractivity (Wildman–Crippen MR) is 72.5 cm³/mol. The first-order chi connectivity index (χ1) is 9.10. The van der Waals surface area contributed by atoms with Crippen molar-refractivity contribution in [3.05, 3.63) is 12.2 Å². The van der Waals surface area contributed by atoms with E-state index in [0.717, 1.165) is 32.4 Å². The number of allylic oxidation sites excluding steroid dienone is 2. The zero-order valence-corrected chi connectivity index (χ0v) is 11.7. The van der Waals surface area contributed by atoms with Crippen molar-refractivity contribution < 1.29 is 14.7 Å². The zero-order chi connectivity index (χ0) is 14.0. The molecule has 2 bridgehead atoms. The molecule has 19 heavy (non-hydrogen) atoms. The molecule has 0 aromatic rings. The van der Waals surface area contributed by atoms with Gasteiger partial charge in [-0.15, -0.1) is 0 Å². The standard InChI is InChI=1S/C15H23NO3/c1-3-7-16(8-4-2)14(17)12-10-5-6-11(9-10)13(12)15(18)19/h5-6,10-13H,3-4,7-9H2,1-2H3,(H,18,19)/t10-,11+,12+,13-/m0/s1. The van der Waals surface area contributed by atoms with Crippen LogP contribution in [0.15, 0.2) is 12.2 Å². The predicted octanol–water partition coefficient (Wildman–Crippen LogP) is 2.16. The normalized spacial score (nSPS) is 31.7. The number of amides is 1. The molecule has 1 amide bonds. The first-order valence-electron chi connectivity index (χ1n) is 7.30. The van der Waals surface area contributed by atoms with Gasteiger partial charge in [-0.05, 0) is 31.1 Å². The average Bonchev–Trinajstić information content (AvgIpc) is 2.97. The molecule has 106 valence electrons. The van der Waals surface area contributed by atoms with Crippen LogP contribution in [0.25, 0.3) is 0 Å². The Hall–Kier alpha value is -1.32. The van der Waals surface area contributed by atoms with Crippen molar-refractivity contribution in [3.8, 4) is 0 Å². The number of rotatable bonds is 6. The average molecular weight is 265 g/mol. The van der Waals surface area contributed by atoms with E-state index in [-0.39, 0.29) is 23.7 Å². The van der Waals surface area contributed by atoms with Crippen LogP contribution < -0.4 is 0 Å². The van der Waals surface area contributed by atoms with Crippen molar-refractivity contribution in [1.82, 2.24) is 4.90 Å². The Balaban J connectivity index is 2.16. The highest BCUT2D eigenvalue weighted by Gasteiger charge is 2.52. The number of carboxylic acid groups (broad SMARTS) is 1. The highest BCUT2D eigenvalue weighted by Crippen LogP contribution is 2.48. The molecular formula is C15H23NO3. The molecule has 1 saturated carbocycles. The third-order valence-corrected chi connectivity index (χ3v) is 4.33. The number of carbonyl (C=O) groups excluding carboxylic acids is 1. The maximum absolute atomic E-state index is 12.7. The Morgan fingerprint density at radius 1 is 1.11 bits per heavy atom. The van der Waals surface area contributed by atoms with E-state index in [1.165, 1.54) is 0 Å². The molecule has 2 aliphatic carbocycles. The second-order valence-electron chi connectivity index (χ2n) is 5.66. The maximum atomic E-state index is 12.7. The SMILES string of the molecule is CCCN(CCC)C(=O)[C@H]1[C@@H](C(=O)O)[C@@H]2C=C[C@H]1C2. The second kappa shape index (κ2) is 5.76. The van der Waals surface area contributed by atoms with Crippen LogP contribution in [0.2, 0.25) is 0 Å². The highest BCUT2D eigenvalue weighted by molar-refractivity contribution is 5.87. The van der Waals surface area contributed by atoms with Crippen LogP contribution in [-0.2, 0) is 9.59 Å². The Labute approximate surface area is 114 Å². The summed E-state index contributed by atoms with van der Waals surface area (Å²) >= 11 is 0. The summed E-state index contributed by atoms with van der Waals surface area (Å²) in [4.78, 5) is 26.0. The van der Waals surface area contributed by atoms with Crippen LogP contribution in [-0.4, -0.2) is 35.0 Å². The lowest BCUT2D eigenvalue weighted by Gasteiger charge is -2.30. The fraction of sp³-hybridized carbons (Fsp3) is 0.733. The summed E-state index contributed by atoms with van der Waals surface area (Å²) in [6, 6.07) is 0. The van der Waals surface area contributed by atoms with Crippen LogP contribution in [0.4, 0.5) is 0 Å². The van der Waals surface area contributed by atoms with Crippen LogP contribution in [0.3, 0.4) is 0 Å². The van der Waals surface area contributed by atoms with Gasteiger partial charge in [0.25, 0.3) is 0 Å². The molecule has 0 aliphatic heterocycles. The lowest BCUT2D eigenvalue weighted by Crippen LogP contribution is -2.43. The van der Waals surface area contributed by atoms with Gasteiger partial charge < -0.3 is 10.0 Å². The van der Waals surface area contributed by atoms with Gasteiger partial charge in [0.2, 0.25) is 5.91 Å². The lowest BCUT2D eigenvalue weighted by atomic mass is 9.82. The zero-order valence-electron chi connectivity index (χ0n) is 11.7. The van der Waals surface area contributed by atoms with Gasteiger partial charge in [-0.3, -0.25) is 9.59 Å². The molecule has 0 saturated heterocycles. The van der Waals surface area contributed by atoms with E-state index < -0.39 is 11.9 Å². The topological polar surface area (TPSA) is 57.6 Å². The summed E-state index contributed by atoms with van der Waals surface area (Å²) in [6.07, 6.45) is 6.69. The van der Waals surface area contributed by atoms with Crippen molar-refractivity contribution in [1.29, 1.82) is 0 Å². The minimum absolute atomic E-state index is 0.0490. The van der Waals surface area contributed by atoms with Gasteiger partial charge in [0, 0.05) is 13.1 Å². The summed E-state index contributed by atoms with van der Waals surface area (Å²) in [6.45, 7) is 5.56. The van der Waals surface area contributed by atoms with E-state index in [9.17, 15) is 14.7 Å². The molecule has 1 fully saturated rings. The van der Waals surface area contributed by atoms with Crippen molar-refractivity contribution in [2.45, 2.75) is 33.1 Å². The summed E-state index contributed by atoms with van der Waals surface area (Å²) in [5.41, 5.74) is 0. The second-order valence-corrected chi connectivity index (χ2v) is 5.66. The van der Waals surface area contributed by atoms with E-state index in [1.54, 1.807) is 0 Å². The molecule has 0 spiro atoms. The number of hydrogen-bond acceptors (Lipinski definition) is 2. The van der Waals surface area contributed by atoms with E-state index in [1.807, 2.05) is 30.9 Å². The Kier molecular flexibility index (Phi) is 4.27. The molecule has 4 heteroatoms. The highest BCUT2D eigenvalue weighted by atomic mass is 16.4. The summed E-state index contributed by atoms with van der Waals surface area (Å²) < 4.78 is 0.